The Bertz CT molecular complexity index is 535. The van der Waals surface area contributed by atoms with Gasteiger partial charge >= 0.3 is 12.1 Å². The average Bonchev–Trinajstić information content (AvgIpc) is 2.35. The van der Waals surface area contributed by atoms with Gasteiger partial charge in [-0.3, -0.25) is 4.79 Å². The molecular weight excluding hydrogens is 273 g/mol. The van der Waals surface area contributed by atoms with E-state index in [-0.39, 0.29) is 6.42 Å². The lowest BCUT2D eigenvalue weighted by atomic mass is 10.1. The molecule has 1 aromatic carbocycles. The third-order valence-electron chi connectivity index (χ3n) is 2.73. The fourth-order valence-corrected chi connectivity index (χ4v) is 1.72. The molecule has 0 fully saturated rings. The van der Waals surface area contributed by atoms with Gasteiger partial charge in [0.25, 0.3) is 0 Å². The first-order valence-electron chi connectivity index (χ1n) is 5.87. The predicted molar refractivity (Wildman–Crippen MR) is 66.1 cm³/mol. The summed E-state index contributed by atoms with van der Waals surface area (Å²) in [6.45, 7) is 1.76. The summed E-state index contributed by atoms with van der Waals surface area (Å²) >= 11 is 0. The number of hydrogen-bond acceptors (Lipinski definition) is 3. The van der Waals surface area contributed by atoms with Gasteiger partial charge in [-0.25, -0.2) is 0 Å². The summed E-state index contributed by atoms with van der Waals surface area (Å²) in [6, 6.07) is 4.17. The Balaban J connectivity index is 2.99. The zero-order valence-electron chi connectivity index (χ0n) is 10.7. The Morgan fingerprint density at radius 2 is 2.15 bits per heavy atom. The van der Waals surface area contributed by atoms with Crippen LogP contribution < -0.4 is 5.32 Å². The van der Waals surface area contributed by atoms with Gasteiger partial charge in [0.2, 0.25) is 0 Å². The minimum Gasteiger partial charge on any atom is -0.481 e. The monoisotopic (exact) mass is 286 g/mol. The molecule has 7 heteroatoms. The first-order chi connectivity index (χ1) is 9.27. The summed E-state index contributed by atoms with van der Waals surface area (Å²) in [7, 11) is 0. The van der Waals surface area contributed by atoms with E-state index >= 15 is 0 Å². The molecule has 1 atom stereocenters. The summed E-state index contributed by atoms with van der Waals surface area (Å²) in [5, 5.41) is 20.3. The molecule has 0 saturated heterocycles. The number of anilines is 1. The van der Waals surface area contributed by atoms with E-state index in [1.807, 2.05) is 0 Å². The van der Waals surface area contributed by atoms with Gasteiger partial charge in [0.15, 0.2) is 0 Å². The highest BCUT2D eigenvalue weighted by molar-refractivity contribution is 5.68. The van der Waals surface area contributed by atoms with Gasteiger partial charge in [-0.05, 0) is 24.6 Å². The molecule has 0 amide bonds. The van der Waals surface area contributed by atoms with Crippen LogP contribution in [-0.4, -0.2) is 17.1 Å². The van der Waals surface area contributed by atoms with Crippen LogP contribution in [0.1, 0.15) is 30.9 Å². The van der Waals surface area contributed by atoms with Crippen LogP contribution in [0.3, 0.4) is 0 Å². The molecule has 0 radical (unpaired) electrons. The Morgan fingerprint density at radius 3 is 2.60 bits per heavy atom. The SMILES string of the molecule is CCC(CC(=O)O)Nc1ccc(C(F)(F)F)c(C#N)c1. The Hall–Kier alpha value is -2.23. The van der Waals surface area contributed by atoms with Crippen molar-refractivity contribution in [1.82, 2.24) is 0 Å². The highest BCUT2D eigenvalue weighted by atomic mass is 19.4. The molecule has 0 aliphatic carbocycles. The maximum atomic E-state index is 12.6. The van der Waals surface area contributed by atoms with Crippen LogP contribution in [0, 0.1) is 11.3 Å². The second kappa shape index (κ2) is 6.28. The molecule has 20 heavy (non-hydrogen) atoms. The van der Waals surface area contributed by atoms with Crippen LogP contribution in [0.15, 0.2) is 18.2 Å². The fraction of sp³-hybridized carbons (Fsp3) is 0.385. The molecule has 108 valence electrons. The van der Waals surface area contributed by atoms with Gasteiger partial charge in [0.1, 0.15) is 0 Å². The van der Waals surface area contributed by atoms with Crippen molar-refractivity contribution in [1.29, 1.82) is 5.26 Å². The van der Waals surface area contributed by atoms with Crippen molar-refractivity contribution in [3.8, 4) is 6.07 Å². The van der Waals surface area contributed by atoms with E-state index in [1.54, 1.807) is 6.92 Å². The molecule has 0 aliphatic rings. The minimum absolute atomic E-state index is 0.153. The van der Waals surface area contributed by atoms with E-state index in [0.29, 0.717) is 12.1 Å². The average molecular weight is 286 g/mol. The van der Waals surface area contributed by atoms with E-state index in [9.17, 15) is 18.0 Å². The number of carboxylic acid groups (broad SMARTS) is 1. The van der Waals surface area contributed by atoms with E-state index in [1.165, 1.54) is 12.1 Å². The second-order valence-electron chi connectivity index (χ2n) is 4.22. The molecule has 0 saturated carbocycles. The van der Waals surface area contributed by atoms with Crippen molar-refractivity contribution in [2.75, 3.05) is 5.32 Å². The fourth-order valence-electron chi connectivity index (χ4n) is 1.72. The summed E-state index contributed by atoms with van der Waals surface area (Å²) in [5.74, 6) is -1.00. The normalized spacial score (nSPS) is 12.6. The zero-order valence-corrected chi connectivity index (χ0v) is 10.7. The second-order valence-corrected chi connectivity index (χ2v) is 4.22. The lowest BCUT2D eigenvalue weighted by Gasteiger charge is -2.17. The van der Waals surface area contributed by atoms with Crippen molar-refractivity contribution in [2.45, 2.75) is 32.0 Å². The summed E-state index contributed by atoms with van der Waals surface area (Å²) in [6.07, 6.45) is -4.25. The van der Waals surface area contributed by atoms with Gasteiger partial charge in [0, 0.05) is 11.7 Å². The van der Waals surface area contributed by atoms with Crippen LogP contribution in [-0.2, 0) is 11.0 Å². The van der Waals surface area contributed by atoms with E-state index in [2.05, 4.69) is 5.32 Å². The van der Waals surface area contributed by atoms with Gasteiger partial charge < -0.3 is 10.4 Å². The summed E-state index contributed by atoms with van der Waals surface area (Å²) < 4.78 is 37.9. The lowest BCUT2D eigenvalue weighted by molar-refractivity contribution is -0.138. The third-order valence-corrected chi connectivity index (χ3v) is 2.73. The topological polar surface area (TPSA) is 73.1 Å². The number of aliphatic carboxylic acids is 1. The maximum Gasteiger partial charge on any atom is 0.417 e. The highest BCUT2D eigenvalue weighted by Crippen LogP contribution is 2.33. The van der Waals surface area contributed by atoms with E-state index in [0.717, 1.165) is 12.1 Å². The molecule has 0 aliphatic heterocycles. The Labute approximate surface area is 113 Å². The van der Waals surface area contributed by atoms with Crippen molar-refractivity contribution < 1.29 is 23.1 Å². The number of alkyl halides is 3. The molecule has 1 aromatic rings. The molecule has 0 spiro atoms. The lowest BCUT2D eigenvalue weighted by Crippen LogP contribution is -2.22. The predicted octanol–water partition coefficient (Wildman–Crippen LogP) is 3.24. The third kappa shape index (κ3) is 4.16. The summed E-state index contributed by atoms with van der Waals surface area (Å²) in [4.78, 5) is 10.6. The molecule has 1 rings (SSSR count). The van der Waals surface area contributed by atoms with Gasteiger partial charge in [0.05, 0.1) is 23.6 Å². The van der Waals surface area contributed by atoms with Crippen LogP contribution in [0.2, 0.25) is 0 Å². The largest absolute Gasteiger partial charge is 0.481 e. The van der Waals surface area contributed by atoms with E-state index in [4.69, 9.17) is 10.4 Å². The first-order valence-corrected chi connectivity index (χ1v) is 5.87. The van der Waals surface area contributed by atoms with Crippen LogP contribution in [0.4, 0.5) is 18.9 Å². The number of nitriles is 1. The molecule has 0 bridgehead atoms. The molecule has 1 unspecified atom stereocenters. The van der Waals surface area contributed by atoms with Crippen LogP contribution in [0.5, 0.6) is 0 Å². The van der Waals surface area contributed by atoms with Gasteiger partial charge in [-0.2, -0.15) is 18.4 Å². The maximum absolute atomic E-state index is 12.6. The van der Waals surface area contributed by atoms with Crippen molar-refractivity contribution in [2.24, 2.45) is 0 Å². The molecule has 0 heterocycles. The van der Waals surface area contributed by atoms with Crippen molar-refractivity contribution in [3.63, 3.8) is 0 Å². The number of hydrogen-bond donors (Lipinski definition) is 2. The molecule has 4 nitrogen and oxygen atoms in total. The minimum atomic E-state index is -4.59. The molecule has 2 N–H and O–H groups in total. The smallest absolute Gasteiger partial charge is 0.417 e. The van der Waals surface area contributed by atoms with Gasteiger partial charge in [-0.1, -0.05) is 6.92 Å². The number of rotatable bonds is 5. The quantitative estimate of drug-likeness (QED) is 0.871. The zero-order chi connectivity index (χ0) is 15.3. The van der Waals surface area contributed by atoms with Crippen LogP contribution in [0.25, 0.3) is 0 Å². The molecular formula is C13H13F3N2O2. The number of carbonyl (C=O) groups is 1. The van der Waals surface area contributed by atoms with Crippen molar-refractivity contribution in [3.05, 3.63) is 29.3 Å². The number of carboxylic acids is 1. The van der Waals surface area contributed by atoms with Gasteiger partial charge in [-0.15, -0.1) is 0 Å². The summed E-state index contributed by atoms with van der Waals surface area (Å²) in [5.41, 5.74) is -1.20. The number of nitrogens with one attached hydrogen (secondary N) is 1. The van der Waals surface area contributed by atoms with Crippen molar-refractivity contribution >= 4 is 11.7 Å². The molecule has 0 aromatic heterocycles. The van der Waals surface area contributed by atoms with Crippen LogP contribution >= 0.6 is 0 Å². The first kappa shape index (κ1) is 15.8. The number of halogens is 3. The number of nitrogens with zero attached hydrogens (tertiary/aromatic N) is 1. The Morgan fingerprint density at radius 1 is 1.50 bits per heavy atom. The number of benzene rings is 1. The highest BCUT2D eigenvalue weighted by Gasteiger charge is 2.33. The van der Waals surface area contributed by atoms with E-state index < -0.39 is 29.3 Å². The standard InChI is InChI=1S/C13H13F3N2O2/c1-2-9(6-12(19)20)18-10-3-4-11(13(14,15)16)8(5-10)7-17/h3-5,9,18H,2,6H2,1H3,(H,19,20). The Kier molecular flexibility index (Phi) is 4.97.